The van der Waals surface area contributed by atoms with E-state index in [2.05, 4.69) is 0 Å². The first-order chi connectivity index (χ1) is 18.3. The summed E-state index contributed by atoms with van der Waals surface area (Å²) >= 11 is 0. The molecule has 38 heavy (non-hydrogen) atoms. The Morgan fingerprint density at radius 1 is 0.921 bits per heavy atom. The van der Waals surface area contributed by atoms with Crippen molar-refractivity contribution in [2.24, 2.45) is 5.92 Å². The van der Waals surface area contributed by atoms with Crippen molar-refractivity contribution in [2.75, 3.05) is 30.0 Å². The third-order valence-electron chi connectivity index (χ3n) is 8.20. The number of carbonyl (C=O) groups excluding carboxylic acids is 2. The monoisotopic (exact) mass is 540 g/mol. The molecule has 1 aliphatic heterocycles. The van der Waals surface area contributed by atoms with Gasteiger partial charge < -0.3 is 9.47 Å². The summed E-state index contributed by atoms with van der Waals surface area (Å²) in [4.78, 5) is 27.6. The molecule has 0 spiro atoms. The van der Waals surface area contributed by atoms with E-state index in [0.29, 0.717) is 24.2 Å². The van der Waals surface area contributed by atoms with Gasteiger partial charge in [-0.05, 0) is 67.3 Å². The van der Waals surface area contributed by atoms with Crippen LogP contribution in [-0.4, -0.2) is 41.2 Å². The zero-order valence-corrected chi connectivity index (χ0v) is 23.0. The standard InChI is InChI=1S/C29H36N2O6S/c1-30-26-18-23(37-19-20-9-5-3-6-10-20)14-16-27(26)38(34,35)31(29(30)33)25-15-13-22(17-24(25)28(32)36-2)21-11-7-4-8-12-21/h13-18,20-21H,3-12,19H2,1-2H3. The summed E-state index contributed by atoms with van der Waals surface area (Å²) < 4.78 is 39.3. The minimum Gasteiger partial charge on any atom is -0.493 e. The molecule has 0 aromatic heterocycles. The summed E-state index contributed by atoms with van der Waals surface area (Å²) in [6.45, 7) is 0.575. The molecular weight excluding hydrogens is 504 g/mol. The predicted molar refractivity (Wildman–Crippen MR) is 146 cm³/mol. The van der Waals surface area contributed by atoms with Crippen LogP contribution in [0.1, 0.15) is 86.0 Å². The molecule has 2 amide bonds. The van der Waals surface area contributed by atoms with Crippen LogP contribution < -0.4 is 13.9 Å². The highest BCUT2D eigenvalue weighted by atomic mass is 32.2. The van der Waals surface area contributed by atoms with Crippen LogP contribution >= 0.6 is 0 Å². The van der Waals surface area contributed by atoms with Crippen molar-refractivity contribution in [1.82, 2.24) is 0 Å². The molecule has 0 bridgehead atoms. The van der Waals surface area contributed by atoms with Crippen LogP contribution in [0.3, 0.4) is 0 Å². The number of fused-ring (bicyclic) bond motifs is 1. The van der Waals surface area contributed by atoms with Crippen LogP contribution in [0.4, 0.5) is 16.2 Å². The number of benzene rings is 2. The molecule has 2 fully saturated rings. The lowest BCUT2D eigenvalue weighted by Gasteiger charge is -2.35. The normalized spacial score (nSPS) is 20.2. The van der Waals surface area contributed by atoms with Gasteiger partial charge in [-0.25, -0.2) is 18.0 Å². The molecule has 2 saturated carbocycles. The van der Waals surface area contributed by atoms with Gasteiger partial charge in [0.05, 0.1) is 30.7 Å². The highest BCUT2D eigenvalue weighted by molar-refractivity contribution is 7.94. The maximum absolute atomic E-state index is 13.8. The second-order valence-electron chi connectivity index (χ2n) is 10.7. The topological polar surface area (TPSA) is 93.2 Å². The molecule has 2 aliphatic carbocycles. The minimum absolute atomic E-state index is 0.00321. The Morgan fingerprint density at radius 3 is 2.29 bits per heavy atom. The van der Waals surface area contributed by atoms with Gasteiger partial charge in [0.25, 0.3) is 10.0 Å². The molecule has 0 unspecified atom stereocenters. The van der Waals surface area contributed by atoms with Crippen molar-refractivity contribution in [2.45, 2.75) is 75.0 Å². The number of nitrogens with zero attached hydrogens (tertiary/aromatic N) is 2. The van der Waals surface area contributed by atoms with E-state index in [1.54, 1.807) is 24.3 Å². The first-order valence-corrected chi connectivity index (χ1v) is 15.1. The number of methoxy groups -OCH3 is 1. The Balaban J connectivity index is 1.48. The van der Waals surface area contributed by atoms with Gasteiger partial charge in [0, 0.05) is 13.1 Å². The lowest BCUT2D eigenvalue weighted by atomic mass is 9.83. The quantitative estimate of drug-likeness (QED) is 0.403. The van der Waals surface area contributed by atoms with E-state index in [0.717, 1.165) is 48.4 Å². The largest absolute Gasteiger partial charge is 0.493 e. The number of anilines is 2. The van der Waals surface area contributed by atoms with Crippen molar-refractivity contribution >= 4 is 33.4 Å². The van der Waals surface area contributed by atoms with Crippen LogP contribution in [0, 0.1) is 5.92 Å². The van der Waals surface area contributed by atoms with Crippen molar-refractivity contribution in [1.29, 1.82) is 0 Å². The van der Waals surface area contributed by atoms with Gasteiger partial charge in [0.2, 0.25) is 0 Å². The fourth-order valence-corrected chi connectivity index (χ4v) is 7.65. The average molecular weight is 541 g/mol. The highest BCUT2D eigenvalue weighted by Gasteiger charge is 2.43. The first kappa shape index (κ1) is 26.5. The van der Waals surface area contributed by atoms with E-state index in [1.165, 1.54) is 50.8 Å². The maximum atomic E-state index is 13.8. The van der Waals surface area contributed by atoms with Crippen LogP contribution in [0.5, 0.6) is 5.75 Å². The van der Waals surface area contributed by atoms with Gasteiger partial charge in [-0.2, -0.15) is 4.31 Å². The lowest BCUT2D eigenvalue weighted by molar-refractivity contribution is 0.0601. The SMILES string of the molecule is COC(=O)c1cc(C2CCCCC2)ccc1N1C(=O)N(C)c2cc(OCC3CCCCC3)ccc2S1(=O)=O. The molecule has 1 heterocycles. The number of sulfonamides is 1. The molecule has 9 heteroatoms. The van der Waals surface area contributed by atoms with E-state index >= 15 is 0 Å². The van der Waals surface area contributed by atoms with Crippen LogP contribution in [0.25, 0.3) is 0 Å². The van der Waals surface area contributed by atoms with Gasteiger partial charge in [0.15, 0.2) is 0 Å². The molecule has 0 atom stereocenters. The summed E-state index contributed by atoms with van der Waals surface area (Å²) in [5, 5.41) is 0. The maximum Gasteiger partial charge on any atom is 0.342 e. The summed E-state index contributed by atoms with van der Waals surface area (Å²) in [5.74, 6) is 0.641. The summed E-state index contributed by atoms with van der Waals surface area (Å²) in [6.07, 6.45) is 11.4. The van der Waals surface area contributed by atoms with E-state index in [9.17, 15) is 18.0 Å². The molecule has 0 N–H and O–H groups in total. The second-order valence-corrected chi connectivity index (χ2v) is 12.4. The predicted octanol–water partition coefficient (Wildman–Crippen LogP) is 6.25. The molecule has 2 aromatic rings. The number of urea groups is 1. The van der Waals surface area contributed by atoms with Gasteiger partial charge in [-0.3, -0.25) is 4.90 Å². The smallest absolute Gasteiger partial charge is 0.342 e. The number of esters is 1. The molecule has 2 aromatic carbocycles. The minimum atomic E-state index is -4.29. The molecule has 0 radical (unpaired) electrons. The van der Waals surface area contributed by atoms with Gasteiger partial charge >= 0.3 is 12.0 Å². The molecule has 5 rings (SSSR count). The number of hydrogen-bond acceptors (Lipinski definition) is 6. The lowest BCUT2D eigenvalue weighted by Crippen LogP contribution is -2.50. The van der Waals surface area contributed by atoms with E-state index < -0.39 is 22.0 Å². The Labute approximate surface area is 225 Å². The van der Waals surface area contributed by atoms with Crippen molar-refractivity contribution in [3.63, 3.8) is 0 Å². The Morgan fingerprint density at radius 2 is 1.61 bits per heavy atom. The number of rotatable bonds is 6. The van der Waals surface area contributed by atoms with Crippen molar-refractivity contribution in [3.8, 4) is 5.75 Å². The Bertz CT molecular complexity index is 1310. The third kappa shape index (κ3) is 5.00. The van der Waals surface area contributed by atoms with E-state index in [4.69, 9.17) is 9.47 Å². The average Bonchev–Trinajstić information content (AvgIpc) is 2.95. The second kappa shape index (κ2) is 11.0. The fourth-order valence-electron chi connectivity index (χ4n) is 6.00. The van der Waals surface area contributed by atoms with Crippen LogP contribution in [0.2, 0.25) is 0 Å². The van der Waals surface area contributed by atoms with E-state index in [1.807, 2.05) is 6.07 Å². The number of amides is 2. The number of hydrogen-bond donors (Lipinski definition) is 0. The molecule has 204 valence electrons. The van der Waals surface area contributed by atoms with Crippen LogP contribution in [-0.2, 0) is 14.8 Å². The van der Waals surface area contributed by atoms with E-state index in [-0.39, 0.29) is 21.8 Å². The molecule has 0 saturated heterocycles. The molecule has 3 aliphatic rings. The summed E-state index contributed by atoms with van der Waals surface area (Å²) in [6, 6.07) is 9.04. The number of ether oxygens (including phenoxy) is 2. The molecular formula is C29H36N2O6S. The highest BCUT2D eigenvalue weighted by Crippen LogP contribution is 2.41. The fraction of sp³-hybridized carbons (Fsp3) is 0.517. The zero-order chi connectivity index (χ0) is 26.9. The first-order valence-electron chi connectivity index (χ1n) is 13.6. The van der Waals surface area contributed by atoms with Crippen molar-refractivity contribution < 1.29 is 27.5 Å². The van der Waals surface area contributed by atoms with Gasteiger partial charge in [-0.15, -0.1) is 0 Å². The van der Waals surface area contributed by atoms with Crippen molar-refractivity contribution in [3.05, 3.63) is 47.5 Å². The Kier molecular flexibility index (Phi) is 7.66. The summed E-state index contributed by atoms with van der Waals surface area (Å²) in [7, 11) is -1.51. The Hall–Kier alpha value is -3.07. The number of carbonyl (C=O) groups is 2. The molecule has 8 nitrogen and oxygen atoms in total. The zero-order valence-electron chi connectivity index (χ0n) is 22.1. The summed E-state index contributed by atoms with van der Waals surface area (Å²) in [5.41, 5.74) is 1.28. The van der Waals surface area contributed by atoms with Crippen LogP contribution in [0.15, 0.2) is 41.3 Å². The van der Waals surface area contributed by atoms with Gasteiger partial charge in [0.1, 0.15) is 10.6 Å². The third-order valence-corrected chi connectivity index (χ3v) is 9.94. The van der Waals surface area contributed by atoms with Gasteiger partial charge in [-0.1, -0.05) is 44.6 Å².